The Balaban J connectivity index is 2.15. The smallest absolute Gasteiger partial charge is 0.120 e. The lowest BCUT2D eigenvalue weighted by Crippen LogP contribution is -2.79. The quantitative estimate of drug-likeness (QED) is 0.740. The largest absolute Gasteiger partial charge is 0.185 e. The Labute approximate surface area is 122 Å². The molecule has 103 valence electrons. The first-order valence-electron chi connectivity index (χ1n) is 7.37. The average Bonchev–Trinajstić information content (AvgIpc) is 2.53. The lowest BCUT2D eigenvalue weighted by Gasteiger charge is -2.08. The molecule has 0 aliphatic heterocycles. The van der Waals surface area contributed by atoms with Gasteiger partial charge in [0, 0.05) is 6.42 Å². The fraction of sp³-hybridized carbons (Fsp3) is 0.263. The minimum atomic E-state index is 1.10. The third kappa shape index (κ3) is 4.36. The van der Waals surface area contributed by atoms with E-state index >= 15 is 0 Å². The molecule has 0 heterocycles. The van der Waals surface area contributed by atoms with E-state index in [0.717, 1.165) is 13.0 Å². The van der Waals surface area contributed by atoms with Crippen LogP contribution in [0.4, 0.5) is 0 Å². The summed E-state index contributed by atoms with van der Waals surface area (Å²) >= 11 is 0. The normalized spacial score (nSPS) is 10.2. The van der Waals surface area contributed by atoms with E-state index in [1.165, 1.54) is 29.5 Å². The summed E-state index contributed by atoms with van der Waals surface area (Å²) in [6.07, 6.45) is 5.95. The van der Waals surface area contributed by atoms with Crippen LogP contribution in [0.15, 0.2) is 66.7 Å². The molecule has 0 aromatic heterocycles. The van der Waals surface area contributed by atoms with E-state index < -0.39 is 0 Å². The van der Waals surface area contributed by atoms with Crippen LogP contribution in [0, 0.1) is 0 Å². The molecule has 1 nitrogen and oxygen atoms in total. The highest BCUT2D eigenvalue weighted by atomic mass is 14.8. The molecule has 0 fully saturated rings. The van der Waals surface area contributed by atoms with Gasteiger partial charge in [-0.1, -0.05) is 66.7 Å². The maximum atomic E-state index is 3.20. The third-order valence-electron chi connectivity index (χ3n) is 3.40. The summed E-state index contributed by atoms with van der Waals surface area (Å²) in [5.74, 6) is 0. The van der Waals surface area contributed by atoms with Gasteiger partial charge in [-0.15, -0.1) is 0 Å². The summed E-state index contributed by atoms with van der Waals surface area (Å²) < 4.78 is 0. The van der Waals surface area contributed by atoms with E-state index in [-0.39, 0.29) is 0 Å². The summed E-state index contributed by atoms with van der Waals surface area (Å²) in [5.41, 5.74) is 3.94. The fourth-order valence-electron chi connectivity index (χ4n) is 2.33. The molecule has 2 rings (SSSR count). The van der Waals surface area contributed by atoms with E-state index in [2.05, 4.69) is 72.1 Å². The third-order valence-corrected chi connectivity index (χ3v) is 3.40. The summed E-state index contributed by atoms with van der Waals surface area (Å²) in [7, 11) is 2.01. The topological polar surface area (TPSA) is 15.6 Å². The number of benzene rings is 2. The highest BCUT2D eigenvalue weighted by molar-refractivity contribution is 5.79. The van der Waals surface area contributed by atoms with Crippen molar-refractivity contribution in [3.8, 4) is 0 Å². The number of allylic oxidation sites excluding steroid dienone is 1. The van der Waals surface area contributed by atoms with Crippen LogP contribution in [0.25, 0.3) is 5.57 Å². The van der Waals surface area contributed by atoms with Gasteiger partial charge < -0.3 is 0 Å². The lowest BCUT2D eigenvalue weighted by molar-refractivity contribution is -0.627. The second kappa shape index (κ2) is 8.34. The molecule has 0 saturated heterocycles. The number of hydrogen-bond acceptors (Lipinski definition) is 1. The van der Waals surface area contributed by atoms with Crippen LogP contribution in [-0.4, -0.2) is 13.6 Å². The van der Waals surface area contributed by atoms with Gasteiger partial charge in [0.25, 0.3) is 0 Å². The van der Waals surface area contributed by atoms with Crippen molar-refractivity contribution in [2.45, 2.75) is 19.3 Å². The molecular weight excluding hydrogens is 242 g/mol. The van der Waals surface area contributed by atoms with Crippen LogP contribution in [0.5, 0.6) is 0 Å². The first-order valence-corrected chi connectivity index (χ1v) is 7.37. The summed E-state index contributed by atoms with van der Waals surface area (Å²) in [5, 5.41) is 3.20. The monoisotopic (exact) mass is 265 g/mol. The first kappa shape index (κ1) is 14.5. The van der Waals surface area contributed by atoms with E-state index in [9.17, 15) is 0 Å². The Kier molecular flexibility index (Phi) is 6.07. The van der Waals surface area contributed by atoms with Gasteiger partial charge in [-0.3, -0.25) is 0 Å². The van der Waals surface area contributed by atoms with Gasteiger partial charge in [0.2, 0.25) is 0 Å². The Morgan fingerprint density at radius 2 is 1.40 bits per heavy atom. The van der Waals surface area contributed by atoms with Crippen LogP contribution in [0.1, 0.15) is 30.4 Å². The van der Waals surface area contributed by atoms with Crippen molar-refractivity contribution in [1.82, 2.24) is 0 Å². The van der Waals surface area contributed by atoms with E-state index in [0.29, 0.717) is 0 Å². The van der Waals surface area contributed by atoms with Crippen LogP contribution in [0.3, 0.4) is 0 Å². The predicted molar refractivity (Wildman–Crippen MR) is 85.6 cm³/mol. The molecule has 0 amide bonds. The highest BCUT2D eigenvalue weighted by Crippen LogP contribution is 2.24. The molecule has 0 atom stereocenters. The fourth-order valence-corrected chi connectivity index (χ4v) is 2.33. The zero-order chi connectivity index (χ0) is 14.0. The lowest BCUT2D eigenvalue weighted by atomic mass is 9.96. The standard InChI is InChI=1S/C19H23N/c1-20-16-10-4-9-15-19(17-11-5-2-6-12-17)18-13-7-3-8-14-18/h2-3,5-8,11-15,20H,4,9-10,16H2,1H3/q+1. The SMILES string of the molecule is C[NH+]CCCCC=C(c1ccccc1)c1ccccc1. The highest BCUT2D eigenvalue weighted by Gasteiger charge is 2.03. The summed E-state index contributed by atoms with van der Waals surface area (Å²) in [6, 6.07) is 21.3. The van der Waals surface area contributed by atoms with Crippen molar-refractivity contribution < 1.29 is 5.32 Å². The Bertz CT molecular complexity index is 472. The predicted octanol–water partition coefficient (Wildman–Crippen LogP) is 3.27. The average molecular weight is 265 g/mol. The molecule has 1 radical (unpaired) electrons. The Morgan fingerprint density at radius 1 is 0.850 bits per heavy atom. The molecule has 0 bridgehead atoms. The molecule has 2 aromatic rings. The zero-order valence-electron chi connectivity index (χ0n) is 12.2. The molecule has 0 saturated carbocycles. The maximum Gasteiger partial charge on any atom is 0.120 e. The van der Waals surface area contributed by atoms with Crippen LogP contribution < -0.4 is 5.32 Å². The van der Waals surface area contributed by atoms with Crippen molar-refractivity contribution in [2.75, 3.05) is 13.6 Å². The van der Waals surface area contributed by atoms with Crippen molar-refractivity contribution in [3.63, 3.8) is 0 Å². The summed E-state index contributed by atoms with van der Waals surface area (Å²) in [4.78, 5) is 0. The molecule has 1 N–H and O–H groups in total. The van der Waals surface area contributed by atoms with Crippen LogP contribution in [-0.2, 0) is 0 Å². The number of nitrogens with one attached hydrogen (secondary N) is 1. The van der Waals surface area contributed by atoms with Gasteiger partial charge in [0.15, 0.2) is 0 Å². The number of hydrogen-bond donors (Lipinski definition) is 1. The maximum absolute atomic E-state index is 3.20. The molecule has 0 aliphatic rings. The zero-order valence-corrected chi connectivity index (χ0v) is 12.2. The molecule has 0 unspecified atom stereocenters. The van der Waals surface area contributed by atoms with E-state index in [1.807, 2.05) is 7.05 Å². The van der Waals surface area contributed by atoms with Crippen molar-refractivity contribution in [2.24, 2.45) is 0 Å². The van der Waals surface area contributed by atoms with Crippen molar-refractivity contribution in [3.05, 3.63) is 77.9 Å². The van der Waals surface area contributed by atoms with Crippen molar-refractivity contribution >= 4 is 5.57 Å². The minimum Gasteiger partial charge on any atom is -0.185 e. The molecule has 0 spiro atoms. The first-order chi connectivity index (χ1) is 9.92. The van der Waals surface area contributed by atoms with E-state index in [4.69, 9.17) is 0 Å². The van der Waals surface area contributed by atoms with Gasteiger partial charge >= 0.3 is 0 Å². The summed E-state index contributed by atoms with van der Waals surface area (Å²) in [6.45, 7) is 1.10. The molecule has 1 heteroatoms. The molecular formula is C19H23N+. The molecule has 0 aliphatic carbocycles. The van der Waals surface area contributed by atoms with E-state index in [1.54, 1.807) is 0 Å². The second-order valence-corrected chi connectivity index (χ2v) is 4.95. The number of rotatable bonds is 7. The van der Waals surface area contributed by atoms with Gasteiger partial charge in [0.1, 0.15) is 13.6 Å². The van der Waals surface area contributed by atoms with Gasteiger partial charge in [-0.05, 0) is 29.5 Å². The molecule has 2 aromatic carbocycles. The molecule has 20 heavy (non-hydrogen) atoms. The number of unbranched alkanes of at least 4 members (excludes halogenated alkanes) is 2. The Hall–Kier alpha value is -1.86. The Morgan fingerprint density at radius 3 is 1.90 bits per heavy atom. The van der Waals surface area contributed by atoms with Crippen molar-refractivity contribution in [1.29, 1.82) is 0 Å². The van der Waals surface area contributed by atoms with Crippen LogP contribution >= 0.6 is 0 Å². The second-order valence-electron chi connectivity index (χ2n) is 4.95. The minimum absolute atomic E-state index is 1.10. The van der Waals surface area contributed by atoms with Gasteiger partial charge in [-0.2, -0.15) is 5.32 Å². The van der Waals surface area contributed by atoms with Gasteiger partial charge in [0.05, 0.1) is 0 Å². The van der Waals surface area contributed by atoms with Crippen LogP contribution in [0.2, 0.25) is 0 Å². The van der Waals surface area contributed by atoms with Gasteiger partial charge in [-0.25, -0.2) is 0 Å².